The van der Waals surface area contributed by atoms with Gasteiger partial charge in [0.25, 0.3) is 0 Å². The van der Waals surface area contributed by atoms with E-state index in [0.717, 1.165) is 16.9 Å². The summed E-state index contributed by atoms with van der Waals surface area (Å²) in [6.07, 6.45) is 3.81. The van der Waals surface area contributed by atoms with Gasteiger partial charge in [0.1, 0.15) is 17.9 Å². The number of rotatable bonds is 8. The first-order valence-corrected chi connectivity index (χ1v) is 9.77. The molecule has 0 saturated heterocycles. The van der Waals surface area contributed by atoms with Crippen LogP contribution in [0.3, 0.4) is 0 Å². The number of hydrogen-bond donors (Lipinski definition) is 3. The highest BCUT2D eigenvalue weighted by Crippen LogP contribution is 2.31. The number of methoxy groups -OCH3 is 2. The van der Waals surface area contributed by atoms with Crippen LogP contribution in [0.4, 0.5) is 5.69 Å². The molecule has 0 spiro atoms. The van der Waals surface area contributed by atoms with Gasteiger partial charge in [-0.1, -0.05) is 6.08 Å². The van der Waals surface area contributed by atoms with Gasteiger partial charge in [-0.2, -0.15) is 0 Å². The first-order chi connectivity index (χ1) is 14.7. The van der Waals surface area contributed by atoms with Gasteiger partial charge in [0.15, 0.2) is 0 Å². The molecule has 0 saturated carbocycles. The zero-order valence-corrected chi connectivity index (χ0v) is 18.5. The Kier molecular flexibility index (Phi) is 8.21. The number of benzene rings is 1. The maximum Gasteiger partial charge on any atom is 0.313 e. The molecule has 9 nitrogen and oxygen atoms in total. The second-order valence-corrected chi connectivity index (χ2v) is 7.45. The highest BCUT2D eigenvalue weighted by molar-refractivity contribution is 6.40. The number of nitrogens with one attached hydrogen (secondary N) is 3. The number of amides is 3. The largest absolute Gasteiger partial charge is 0.496 e. The molecule has 1 heterocycles. The van der Waals surface area contributed by atoms with E-state index in [1.165, 1.54) is 28.1 Å². The summed E-state index contributed by atoms with van der Waals surface area (Å²) >= 11 is 0. The van der Waals surface area contributed by atoms with Crippen LogP contribution in [-0.2, 0) is 23.9 Å². The fourth-order valence-corrected chi connectivity index (χ4v) is 2.78. The predicted molar refractivity (Wildman–Crippen MR) is 116 cm³/mol. The lowest BCUT2D eigenvalue weighted by Crippen LogP contribution is -2.57. The number of carbonyl (C=O) groups is 3. The van der Waals surface area contributed by atoms with Crippen molar-refractivity contribution in [3.8, 4) is 5.75 Å². The van der Waals surface area contributed by atoms with Gasteiger partial charge in [0.2, 0.25) is 5.91 Å². The molecule has 1 aromatic carbocycles. The first-order valence-electron chi connectivity index (χ1n) is 9.77. The molecule has 1 aliphatic heterocycles. The van der Waals surface area contributed by atoms with Gasteiger partial charge >= 0.3 is 11.8 Å². The van der Waals surface area contributed by atoms with Gasteiger partial charge in [-0.3, -0.25) is 14.4 Å². The van der Waals surface area contributed by atoms with E-state index in [2.05, 4.69) is 16.0 Å². The second-order valence-electron chi connectivity index (χ2n) is 7.45. The summed E-state index contributed by atoms with van der Waals surface area (Å²) in [5.74, 6) is -0.902. The van der Waals surface area contributed by atoms with Crippen molar-refractivity contribution in [2.24, 2.45) is 0 Å². The van der Waals surface area contributed by atoms with Crippen LogP contribution < -0.4 is 20.7 Å². The highest BCUT2D eigenvalue weighted by Gasteiger charge is 2.31. The van der Waals surface area contributed by atoms with Gasteiger partial charge in [-0.15, -0.1) is 0 Å². The Morgan fingerprint density at radius 2 is 1.87 bits per heavy atom. The van der Waals surface area contributed by atoms with Crippen LogP contribution in [0.5, 0.6) is 5.75 Å². The Balaban J connectivity index is 2.04. The number of allylic oxidation sites excluding steroid dienone is 3. The molecular formula is C22H29N3O6. The van der Waals surface area contributed by atoms with E-state index in [-0.39, 0.29) is 0 Å². The fraction of sp³-hybridized carbons (Fsp3) is 0.409. The van der Waals surface area contributed by atoms with E-state index < -0.39 is 23.3 Å². The Bertz CT molecular complexity index is 905. The molecule has 0 fully saturated rings. The molecule has 2 rings (SSSR count). The number of carbonyl (C=O) groups excluding carboxylic acids is 3. The first kappa shape index (κ1) is 23.9. The molecule has 0 aliphatic carbocycles. The SMILES string of the molecule is COCCNC(=O)C(C)(C)NC(=O)C(=O)Nc1ccc(C2=CC=C(C)OC2)c(OC)c1. The Morgan fingerprint density at radius 1 is 1.13 bits per heavy atom. The monoisotopic (exact) mass is 431 g/mol. The molecule has 3 N–H and O–H groups in total. The molecule has 31 heavy (non-hydrogen) atoms. The lowest BCUT2D eigenvalue weighted by molar-refractivity contribution is -0.139. The smallest absolute Gasteiger partial charge is 0.313 e. The summed E-state index contributed by atoms with van der Waals surface area (Å²) in [5, 5.41) is 7.58. The number of ether oxygens (including phenoxy) is 3. The van der Waals surface area contributed by atoms with Crippen LogP contribution in [0.25, 0.3) is 5.57 Å². The molecule has 0 radical (unpaired) electrons. The van der Waals surface area contributed by atoms with E-state index >= 15 is 0 Å². The normalized spacial score (nSPS) is 13.3. The molecule has 0 unspecified atom stereocenters. The Hall–Kier alpha value is -3.33. The molecule has 1 aliphatic rings. The summed E-state index contributed by atoms with van der Waals surface area (Å²) in [6, 6.07) is 5.07. The fourth-order valence-electron chi connectivity index (χ4n) is 2.78. The quantitative estimate of drug-likeness (QED) is 0.426. The van der Waals surface area contributed by atoms with Crippen LogP contribution in [0, 0.1) is 0 Å². The third kappa shape index (κ3) is 6.58. The lowest BCUT2D eigenvalue weighted by atomic mass is 10.0. The minimum Gasteiger partial charge on any atom is -0.496 e. The maximum atomic E-state index is 12.3. The molecule has 168 valence electrons. The standard InChI is InChI=1S/C22H29N3O6/c1-14-6-7-15(13-31-14)17-9-8-16(12-18(17)30-5)24-19(26)20(27)25-22(2,3)21(28)23-10-11-29-4/h6-9,12H,10-11,13H2,1-5H3,(H,23,28)(H,24,26)(H,25,27). The predicted octanol–water partition coefficient (Wildman–Crippen LogP) is 1.61. The van der Waals surface area contributed by atoms with E-state index in [0.29, 0.717) is 31.2 Å². The lowest BCUT2D eigenvalue weighted by Gasteiger charge is -2.24. The summed E-state index contributed by atoms with van der Waals surface area (Å²) < 4.78 is 15.8. The van der Waals surface area contributed by atoms with Crippen LogP contribution in [-0.4, -0.2) is 57.2 Å². The van der Waals surface area contributed by atoms with Crippen molar-refractivity contribution < 1.29 is 28.6 Å². The van der Waals surface area contributed by atoms with Gasteiger partial charge < -0.3 is 30.2 Å². The van der Waals surface area contributed by atoms with E-state index in [4.69, 9.17) is 14.2 Å². The zero-order valence-electron chi connectivity index (χ0n) is 18.5. The maximum absolute atomic E-state index is 12.3. The molecule has 9 heteroatoms. The minimum absolute atomic E-state index is 0.295. The topological polar surface area (TPSA) is 115 Å². The molecule has 0 aromatic heterocycles. The van der Waals surface area contributed by atoms with Crippen LogP contribution >= 0.6 is 0 Å². The molecule has 1 aromatic rings. The molecular weight excluding hydrogens is 402 g/mol. The van der Waals surface area contributed by atoms with Gasteiger partial charge in [-0.25, -0.2) is 0 Å². The molecule has 0 atom stereocenters. The van der Waals surface area contributed by atoms with Crippen molar-refractivity contribution in [2.45, 2.75) is 26.3 Å². The average Bonchev–Trinajstić information content (AvgIpc) is 2.74. The van der Waals surface area contributed by atoms with Crippen LogP contribution in [0.2, 0.25) is 0 Å². The Labute approximate surface area is 181 Å². The molecule has 3 amide bonds. The average molecular weight is 431 g/mol. The summed E-state index contributed by atoms with van der Waals surface area (Å²) in [4.78, 5) is 36.8. The summed E-state index contributed by atoms with van der Waals surface area (Å²) in [6.45, 7) is 5.94. The van der Waals surface area contributed by atoms with E-state index in [1.807, 2.05) is 19.1 Å². The van der Waals surface area contributed by atoms with Crippen molar-refractivity contribution in [3.63, 3.8) is 0 Å². The van der Waals surface area contributed by atoms with E-state index in [9.17, 15) is 14.4 Å². The highest BCUT2D eigenvalue weighted by atomic mass is 16.5. The summed E-state index contributed by atoms with van der Waals surface area (Å²) in [5.41, 5.74) is 0.858. The van der Waals surface area contributed by atoms with Crippen molar-refractivity contribution in [3.05, 3.63) is 41.7 Å². The van der Waals surface area contributed by atoms with Crippen LogP contribution in [0.15, 0.2) is 36.1 Å². The van der Waals surface area contributed by atoms with Gasteiger partial charge in [0.05, 0.1) is 19.5 Å². The van der Waals surface area contributed by atoms with Crippen LogP contribution in [0.1, 0.15) is 26.3 Å². The van der Waals surface area contributed by atoms with Gasteiger partial charge in [0, 0.05) is 36.5 Å². The number of anilines is 1. The third-order valence-electron chi connectivity index (χ3n) is 4.57. The molecule has 0 bridgehead atoms. The van der Waals surface area contributed by atoms with Crippen molar-refractivity contribution in [1.29, 1.82) is 0 Å². The van der Waals surface area contributed by atoms with Crippen molar-refractivity contribution in [1.82, 2.24) is 10.6 Å². The summed E-state index contributed by atoms with van der Waals surface area (Å²) in [7, 11) is 3.04. The second kappa shape index (κ2) is 10.6. The van der Waals surface area contributed by atoms with Gasteiger partial charge in [-0.05, 0) is 39.0 Å². The third-order valence-corrected chi connectivity index (χ3v) is 4.57. The van der Waals surface area contributed by atoms with Crippen molar-refractivity contribution >= 4 is 29.0 Å². The zero-order chi connectivity index (χ0) is 23.0. The Morgan fingerprint density at radius 3 is 2.48 bits per heavy atom. The number of hydrogen-bond acceptors (Lipinski definition) is 6. The minimum atomic E-state index is -1.27. The van der Waals surface area contributed by atoms with Crippen molar-refractivity contribution in [2.75, 3.05) is 39.3 Å². The van der Waals surface area contributed by atoms with E-state index in [1.54, 1.807) is 18.2 Å².